The molecule has 2 rings (SSSR count). The minimum atomic E-state index is -0.215. The van der Waals surface area contributed by atoms with Gasteiger partial charge in [0, 0.05) is 11.8 Å². The predicted molar refractivity (Wildman–Crippen MR) is 78.4 cm³/mol. The molecule has 0 saturated carbocycles. The van der Waals surface area contributed by atoms with Gasteiger partial charge < -0.3 is 11.1 Å². The van der Waals surface area contributed by atoms with Gasteiger partial charge in [0.05, 0.1) is 12.2 Å². The average Bonchev–Trinajstić information content (AvgIpc) is 2.86. The molecule has 1 amide bonds. The molecule has 0 unspecified atom stereocenters. The summed E-state index contributed by atoms with van der Waals surface area (Å²) in [6.45, 7) is 2.12. The summed E-state index contributed by atoms with van der Waals surface area (Å²) < 4.78 is 0. The van der Waals surface area contributed by atoms with E-state index < -0.39 is 0 Å². The highest BCUT2D eigenvalue weighted by atomic mass is 32.1. The Bertz CT molecular complexity index is 548. The van der Waals surface area contributed by atoms with Gasteiger partial charge in [-0.1, -0.05) is 31.2 Å². The van der Waals surface area contributed by atoms with Gasteiger partial charge in [0.1, 0.15) is 0 Å². The van der Waals surface area contributed by atoms with Gasteiger partial charge >= 0.3 is 0 Å². The molecule has 2 aromatic rings. The monoisotopic (exact) mass is 275 g/mol. The number of anilines is 1. The first kappa shape index (κ1) is 13.7. The molecule has 0 spiro atoms. The molecule has 0 aliphatic carbocycles. The van der Waals surface area contributed by atoms with E-state index in [-0.39, 0.29) is 12.5 Å². The van der Waals surface area contributed by atoms with Gasteiger partial charge in [-0.2, -0.15) is 0 Å². The number of rotatable bonds is 5. The fourth-order valence-corrected chi connectivity index (χ4v) is 2.44. The van der Waals surface area contributed by atoms with Crippen LogP contribution in [0.2, 0.25) is 0 Å². The van der Waals surface area contributed by atoms with Crippen LogP contribution in [-0.2, 0) is 17.6 Å². The fourth-order valence-electron chi connectivity index (χ4n) is 1.72. The SMILES string of the molecule is CCc1ccc(Cc2csc(NC(=O)CN)n2)cc1. The van der Waals surface area contributed by atoms with Gasteiger partial charge in [0.15, 0.2) is 5.13 Å². The summed E-state index contributed by atoms with van der Waals surface area (Å²) in [5.41, 5.74) is 8.76. The number of amides is 1. The summed E-state index contributed by atoms with van der Waals surface area (Å²) >= 11 is 1.42. The van der Waals surface area contributed by atoms with Crippen molar-refractivity contribution >= 4 is 22.4 Å². The number of carbonyl (C=O) groups excluding carboxylic acids is 1. The lowest BCUT2D eigenvalue weighted by Gasteiger charge is -2.01. The lowest BCUT2D eigenvalue weighted by molar-refractivity contribution is -0.114. The van der Waals surface area contributed by atoms with E-state index in [1.807, 2.05) is 5.38 Å². The molecular formula is C14H17N3OS. The van der Waals surface area contributed by atoms with Crippen molar-refractivity contribution in [2.45, 2.75) is 19.8 Å². The molecule has 0 atom stereocenters. The molecule has 100 valence electrons. The number of hydrogen-bond acceptors (Lipinski definition) is 4. The standard InChI is InChI=1S/C14H17N3OS/c1-2-10-3-5-11(6-4-10)7-12-9-19-14(16-12)17-13(18)8-15/h3-6,9H,2,7-8,15H2,1H3,(H,16,17,18). The number of carbonyl (C=O) groups is 1. The van der Waals surface area contributed by atoms with Crippen molar-refractivity contribution in [1.82, 2.24) is 4.98 Å². The largest absolute Gasteiger partial charge is 0.322 e. The van der Waals surface area contributed by atoms with E-state index in [4.69, 9.17) is 5.73 Å². The summed E-state index contributed by atoms with van der Waals surface area (Å²) in [4.78, 5) is 15.5. The molecule has 1 aromatic heterocycles. The average molecular weight is 275 g/mol. The summed E-state index contributed by atoms with van der Waals surface area (Å²) in [7, 11) is 0. The summed E-state index contributed by atoms with van der Waals surface area (Å²) in [5, 5.41) is 5.22. The molecule has 0 saturated heterocycles. The van der Waals surface area contributed by atoms with E-state index in [2.05, 4.69) is 41.5 Å². The highest BCUT2D eigenvalue weighted by molar-refractivity contribution is 7.13. The van der Waals surface area contributed by atoms with Crippen LogP contribution in [0.15, 0.2) is 29.6 Å². The molecule has 1 aromatic carbocycles. The molecule has 0 aliphatic rings. The number of hydrogen-bond donors (Lipinski definition) is 2. The van der Waals surface area contributed by atoms with Gasteiger partial charge in [-0.3, -0.25) is 4.79 Å². The first-order valence-electron chi connectivity index (χ1n) is 6.23. The Hall–Kier alpha value is -1.72. The number of nitrogens with one attached hydrogen (secondary N) is 1. The number of benzene rings is 1. The predicted octanol–water partition coefficient (Wildman–Crippen LogP) is 2.19. The van der Waals surface area contributed by atoms with E-state index in [1.54, 1.807) is 0 Å². The van der Waals surface area contributed by atoms with Crippen molar-refractivity contribution < 1.29 is 4.79 Å². The molecule has 1 heterocycles. The highest BCUT2D eigenvalue weighted by Crippen LogP contribution is 2.18. The number of aryl methyl sites for hydroxylation is 1. The number of nitrogens with zero attached hydrogens (tertiary/aromatic N) is 1. The van der Waals surface area contributed by atoms with E-state index >= 15 is 0 Å². The van der Waals surface area contributed by atoms with Gasteiger partial charge in [0.25, 0.3) is 0 Å². The minimum absolute atomic E-state index is 0.0204. The summed E-state index contributed by atoms with van der Waals surface area (Å²) in [6, 6.07) is 8.52. The van der Waals surface area contributed by atoms with Gasteiger partial charge in [-0.05, 0) is 17.5 Å². The second kappa shape index (κ2) is 6.45. The van der Waals surface area contributed by atoms with Crippen LogP contribution in [0.1, 0.15) is 23.7 Å². The van der Waals surface area contributed by atoms with Crippen molar-refractivity contribution in [2.24, 2.45) is 5.73 Å². The molecule has 19 heavy (non-hydrogen) atoms. The minimum Gasteiger partial charge on any atom is -0.322 e. The van der Waals surface area contributed by atoms with Gasteiger partial charge in [-0.15, -0.1) is 11.3 Å². The molecule has 0 aliphatic heterocycles. The van der Waals surface area contributed by atoms with Crippen LogP contribution in [0.5, 0.6) is 0 Å². The second-order valence-electron chi connectivity index (χ2n) is 4.24. The summed E-state index contributed by atoms with van der Waals surface area (Å²) in [5.74, 6) is -0.215. The maximum atomic E-state index is 11.1. The van der Waals surface area contributed by atoms with E-state index in [9.17, 15) is 4.79 Å². The van der Waals surface area contributed by atoms with Crippen LogP contribution in [0.3, 0.4) is 0 Å². The van der Waals surface area contributed by atoms with E-state index in [0.29, 0.717) is 5.13 Å². The normalized spacial score (nSPS) is 10.4. The molecule has 0 radical (unpaired) electrons. The maximum absolute atomic E-state index is 11.1. The van der Waals surface area contributed by atoms with Crippen molar-refractivity contribution in [1.29, 1.82) is 0 Å². The Labute approximate surface area is 116 Å². The lowest BCUT2D eigenvalue weighted by Crippen LogP contribution is -2.21. The number of aromatic nitrogens is 1. The van der Waals surface area contributed by atoms with Crippen molar-refractivity contribution in [3.05, 3.63) is 46.5 Å². The van der Waals surface area contributed by atoms with Crippen LogP contribution in [0.25, 0.3) is 0 Å². The third kappa shape index (κ3) is 3.87. The molecular weight excluding hydrogens is 258 g/mol. The zero-order chi connectivity index (χ0) is 13.7. The molecule has 3 N–H and O–H groups in total. The van der Waals surface area contributed by atoms with Crippen LogP contribution in [0.4, 0.5) is 5.13 Å². The number of thiazole rings is 1. The first-order valence-corrected chi connectivity index (χ1v) is 7.11. The number of nitrogens with two attached hydrogens (primary N) is 1. The Morgan fingerprint density at radius 3 is 2.63 bits per heavy atom. The summed E-state index contributed by atoms with van der Waals surface area (Å²) in [6.07, 6.45) is 1.82. The third-order valence-corrected chi connectivity index (χ3v) is 3.61. The second-order valence-corrected chi connectivity index (χ2v) is 5.10. The Morgan fingerprint density at radius 2 is 2.00 bits per heavy atom. The van der Waals surface area contributed by atoms with Gasteiger partial charge in [0.2, 0.25) is 5.91 Å². The van der Waals surface area contributed by atoms with Crippen molar-refractivity contribution in [3.63, 3.8) is 0 Å². The fraction of sp³-hybridized carbons (Fsp3) is 0.286. The molecule has 0 bridgehead atoms. The molecule has 4 nitrogen and oxygen atoms in total. The topological polar surface area (TPSA) is 68.0 Å². The highest BCUT2D eigenvalue weighted by Gasteiger charge is 2.05. The van der Waals surface area contributed by atoms with Crippen molar-refractivity contribution in [3.8, 4) is 0 Å². The third-order valence-electron chi connectivity index (χ3n) is 2.80. The van der Waals surface area contributed by atoms with Crippen LogP contribution in [-0.4, -0.2) is 17.4 Å². The smallest absolute Gasteiger partial charge is 0.239 e. The Balaban J connectivity index is 2.00. The molecule has 5 heteroatoms. The van der Waals surface area contributed by atoms with Crippen molar-refractivity contribution in [2.75, 3.05) is 11.9 Å². The van der Waals surface area contributed by atoms with Gasteiger partial charge in [-0.25, -0.2) is 4.98 Å². The van der Waals surface area contributed by atoms with Crippen LogP contribution >= 0.6 is 11.3 Å². The van der Waals surface area contributed by atoms with Crippen LogP contribution in [0, 0.1) is 0 Å². The van der Waals surface area contributed by atoms with Crippen LogP contribution < -0.4 is 11.1 Å². The van der Waals surface area contributed by atoms with E-state index in [0.717, 1.165) is 18.5 Å². The molecule has 0 fully saturated rings. The first-order chi connectivity index (χ1) is 9.21. The Morgan fingerprint density at radius 1 is 1.32 bits per heavy atom. The zero-order valence-electron chi connectivity index (χ0n) is 10.8. The van der Waals surface area contributed by atoms with E-state index in [1.165, 1.54) is 22.5 Å². The maximum Gasteiger partial charge on any atom is 0.239 e. The quantitative estimate of drug-likeness (QED) is 0.879. The lowest BCUT2D eigenvalue weighted by atomic mass is 10.1. The Kier molecular flexibility index (Phi) is 4.65. The zero-order valence-corrected chi connectivity index (χ0v) is 11.7.